The van der Waals surface area contributed by atoms with E-state index in [1.807, 2.05) is 0 Å². The van der Waals surface area contributed by atoms with Gasteiger partial charge in [-0.25, -0.2) is 4.21 Å². The standard InChI is InChI=1S/C6H5BrO3S.C2H6O/c7-5-1-3-6(4-2-5)10-11(8)9;1-2-3/h1-4H,(H,8,9);3H,2H2,1H3/p-1. The number of halogens is 1. The van der Waals surface area contributed by atoms with Crippen LogP contribution in [0.2, 0.25) is 0 Å². The van der Waals surface area contributed by atoms with Crippen molar-refractivity contribution in [1.82, 2.24) is 0 Å². The molecule has 0 aromatic heterocycles. The molecular weight excluding hydrogens is 272 g/mol. The summed E-state index contributed by atoms with van der Waals surface area (Å²) in [4.78, 5) is 0. The Labute approximate surface area is 93.5 Å². The first-order chi connectivity index (χ1) is 6.60. The molecule has 1 unspecified atom stereocenters. The van der Waals surface area contributed by atoms with Crippen LogP contribution in [-0.2, 0) is 11.4 Å². The minimum Gasteiger partial charge on any atom is -0.740 e. The van der Waals surface area contributed by atoms with Crippen molar-refractivity contribution in [1.29, 1.82) is 0 Å². The molecule has 6 heteroatoms. The molecule has 0 spiro atoms. The number of aliphatic hydroxyl groups excluding tert-OH is 1. The first-order valence-electron chi connectivity index (χ1n) is 3.74. The van der Waals surface area contributed by atoms with Gasteiger partial charge in [0.05, 0.1) is 0 Å². The van der Waals surface area contributed by atoms with Crippen LogP contribution >= 0.6 is 15.9 Å². The van der Waals surface area contributed by atoms with Crippen molar-refractivity contribution in [2.75, 3.05) is 6.61 Å². The van der Waals surface area contributed by atoms with Crippen molar-refractivity contribution in [3.63, 3.8) is 0 Å². The highest BCUT2D eigenvalue weighted by Gasteiger charge is 1.91. The predicted octanol–water partition coefficient (Wildman–Crippen LogP) is 1.62. The average Bonchev–Trinajstić information content (AvgIpc) is 2.09. The summed E-state index contributed by atoms with van der Waals surface area (Å²) in [5, 5.41) is 7.57. The van der Waals surface area contributed by atoms with Crippen molar-refractivity contribution < 1.29 is 18.1 Å². The lowest BCUT2D eigenvalue weighted by molar-refractivity contribution is 0.318. The molecule has 0 fully saturated rings. The second-order valence-corrected chi connectivity index (χ2v) is 3.55. The lowest BCUT2D eigenvalue weighted by atomic mass is 10.3. The summed E-state index contributed by atoms with van der Waals surface area (Å²) >= 11 is 0.714. The number of rotatable bonds is 2. The Kier molecular flexibility index (Phi) is 7.68. The smallest absolute Gasteiger partial charge is 0.139 e. The summed E-state index contributed by atoms with van der Waals surface area (Å²) < 4.78 is 25.3. The Bertz CT molecular complexity index is 275. The zero-order valence-corrected chi connectivity index (χ0v) is 9.88. The van der Waals surface area contributed by atoms with Gasteiger partial charge in [0.1, 0.15) is 17.1 Å². The Morgan fingerprint density at radius 2 is 1.93 bits per heavy atom. The van der Waals surface area contributed by atoms with E-state index >= 15 is 0 Å². The Morgan fingerprint density at radius 1 is 1.50 bits per heavy atom. The zero-order chi connectivity index (χ0) is 11.0. The molecule has 1 aromatic rings. The highest BCUT2D eigenvalue weighted by atomic mass is 79.9. The van der Waals surface area contributed by atoms with E-state index in [2.05, 4.69) is 20.1 Å². The second kappa shape index (κ2) is 7.93. The van der Waals surface area contributed by atoms with Gasteiger partial charge in [-0.1, -0.05) is 15.9 Å². The lowest BCUT2D eigenvalue weighted by Crippen LogP contribution is -1.96. The van der Waals surface area contributed by atoms with E-state index in [0.29, 0.717) is 5.75 Å². The van der Waals surface area contributed by atoms with Gasteiger partial charge >= 0.3 is 0 Å². The fraction of sp³-hybridized carbons (Fsp3) is 0.250. The minimum absolute atomic E-state index is 0.250. The molecular formula is C8H10BrO4S-. The summed E-state index contributed by atoms with van der Waals surface area (Å²) in [6.07, 6.45) is 0. The number of aliphatic hydroxyl groups is 1. The molecule has 0 aliphatic heterocycles. The second-order valence-electron chi connectivity index (χ2n) is 2.06. The molecule has 0 bridgehead atoms. The van der Waals surface area contributed by atoms with Crippen LogP contribution in [0.3, 0.4) is 0 Å². The monoisotopic (exact) mass is 281 g/mol. The fourth-order valence-electron chi connectivity index (χ4n) is 0.569. The van der Waals surface area contributed by atoms with E-state index in [-0.39, 0.29) is 6.61 Å². The molecule has 0 saturated heterocycles. The molecule has 1 atom stereocenters. The van der Waals surface area contributed by atoms with E-state index in [1.54, 1.807) is 31.2 Å². The Hall–Kier alpha value is -0.430. The van der Waals surface area contributed by atoms with Crippen LogP contribution < -0.4 is 4.18 Å². The topological polar surface area (TPSA) is 69.6 Å². The van der Waals surface area contributed by atoms with Crippen LogP contribution in [0.1, 0.15) is 6.92 Å². The Morgan fingerprint density at radius 3 is 2.29 bits per heavy atom. The summed E-state index contributed by atoms with van der Waals surface area (Å²) in [6, 6.07) is 6.50. The highest BCUT2D eigenvalue weighted by molar-refractivity contribution is 9.10. The molecule has 1 aromatic carbocycles. The maximum absolute atomic E-state index is 10.0. The van der Waals surface area contributed by atoms with Gasteiger partial charge in [-0.05, 0) is 31.2 Å². The molecule has 0 aliphatic rings. The maximum Gasteiger partial charge on any atom is 0.139 e. The zero-order valence-electron chi connectivity index (χ0n) is 7.47. The quantitative estimate of drug-likeness (QED) is 0.837. The molecule has 0 heterocycles. The van der Waals surface area contributed by atoms with Gasteiger partial charge in [0.25, 0.3) is 0 Å². The lowest BCUT2D eigenvalue weighted by Gasteiger charge is -2.05. The van der Waals surface area contributed by atoms with Crippen LogP contribution in [-0.4, -0.2) is 20.5 Å². The number of hydrogen-bond acceptors (Lipinski definition) is 4. The van der Waals surface area contributed by atoms with Crippen molar-refractivity contribution >= 4 is 27.3 Å². The van der Waals surface area contributed by atoms with Crippen molar-refractivity contribution in [2.24, 2.45) is 0 Å². The van der Waals surface area contributed by atoms with Crippen LogP contribution in [0.5, 0.6) is 5.75 Å². The third-order valence-corrected chi connectivity index (χ3v) is 1.84. The first kappa shape index (κ1) is 13.6. The van der Waals surface area contributed by atoms with Gasteiger partial charge in [0.15, 0.2) is 0 Å². The van der Waals surface area contributed by atoms with Gasteiger partial charge in [0.2, 0.25) is 0 Å². The summed E-state index contributed by atoms with van der Waals surface area (Å²) in [7, 11) is 0. The fourth-order valence-corrected chi connectivity index (χ4v) is 1.10. The van der Waals surface area contributed by atoms with Crippen LogP contribution in [0, 0.1) is 0 Å². The van der Waals surface area contributed by atoms with Gasteiger partial charge < -0.3 is 13.8 Å². The first-order valence-corrected chi connectivity index (χ1v) is 5.53. The minimum atomic E-state index is -2.49. The molecule has 0 aliphatic carbocycles. The van der Waals surface area contributed by atoms with Gasteiger partial charge in [-0.2, -0.15) is 0 Å². The largest absolute Gasteiger partial charge is 0.740 e. The van der Waals surface area contributed by atoms with Crippen molar-refractivity contribution in [3.05, 3.63) is 28.7 Å². The number of benzene rings is 1. The van der Waals surface area contributed by atoms with E-state index in [9.17, 15) is 8.76 Å². The van der Waals surface area contributed by atoms with Crippen LogP contribution in [0.4, 0.5) is 0 Å². The van der Waals surface area contributed by atoms with Crippen LogP contribution in [0.25, 0.3) is 0 Å². The molecule has 1 rings (SSSR count). The average molecular weight is 282 g/mol. The molecule has 0 amide bonds. The predicted molar refractivity (Wildman–Crippen MR) is 56.4 cm³/mol. The van der Waals surface area contributed by atoms with Gasteiger partial charge in [-0.3, -0.25) is 0 Å². The third kappa shape index (κ3) is 7.02. The molecule has 80 valence electrons. The number of hydrogen-bond donors (Lipinski definition) is 1. The molecule has 4 nitrogen and oxygen atoms in total. The molecule has 0 saturated carbocycles. The normalized spacial score (nSPS) is 11.1. The van der Waals surface area contributed by atoms with E-state index in [4.69, 9.17) is 5.11 Å². The maximum atomic E-state index is 10.0. The molecule has 14 heavy (non-hydrogen) atoms. The summed E-state index contributed by atoms with van der Waals surface area (Å²) in [5.74, 6) is 0.307. The van der Waals surface area contributed by atoms with Crippen molar-refractivity contribution in [3.8, 4) is 5.75 Å². The highest BCUT2D eigenvalue weighted by Crippen LogP contribution is 2.16. The third-order valence-electron chi connectivity index (χ3n) is 0.978. The van der Waals surface area contributed by atoms with Gasteiger partial charge in [-0.15, -0.1) is 0 Å². The molecule has 1 N–H and O–H groups in total. The molecule has 0 radical (unpaired) electrons. The van der Waals surface area contributed by atoms with E-state index in [1.165, 1.54) is 0 Å². The van der Waals surface area contributed by atoms with E-state index < -0.39 is 11.4 Å². The van der Waals surface area contributed by atoms with Crippen molar-refractivity contribution in [2.45, 2.75) is 6.92 Å². The summed E-state index contributed by atoms with van der Waals surface area (Å²) in [6.45, 7) is 1.93. The Balaban J connectivity index is 0.000000500. The van der Waals surface area contributed by atoms with Gasteiger partial charge in [0, 0.05) is 11.1 Å². The van der Waals surface area contributed by atoms with Crippen LogP contribution in [0.15, 0.2) is 28.7 Å². The summed E-state index contributed by atoms with van der Waals surface area (Å²) in [5.41, 5.74) is 0. The SMILES string of the molecule is CCO.O=S([O-])Oc1ccc(Br)cc1. The van der Waals surface area contributed by atoms with E-state index in [0.717, 1.165) is 4.47 Å².